The van der Waals surface area contributed by atoms with Gasteiger partial charge in [-0.2, -0.15) is 0 Å². The van der Waals surface area contributed by atoms with Gasteiger partial charge in [-0.25, -0.2) is 0 Å². The van der Waals surface area contributed by atoms with Gasteiger partial charge in [0.1, 0.15) is 12.7 Å². The standard InChI is InChI=1S/C33H64O4/c1-4-6-8-10-12-14-16-17-19-20-22-24-26-28-32(34)36-30-31(3)37-33(35)29-27-25-23-21-18-15-13-11-9-7-5-2/h31H,4-30H2,1-3H3/t31-/m0/s1. The zero-order chi connectivity index (χ0) is 27.2. The van der Waals surface area contributed by atoms with Crippen LogP contribution in [0.4, 0.5) is 0 Å². The summed E-state index contributed by atoms with van der Waals surface area (Å²) in [6, 6.07) is 0. The molecule has 1 atom stereocenters. The summed E-state index contributed by atoms with van der Waals surface area (Å²) in [5.74, 6) is -0.340. The van der Waals surface area contributed by atoms with Gasteiger partial charge in [-0.15, -0.1) is 0 Å². The van der Waals surface area contributed by atoms with Crippen molar-refractivity contribution in [3.63, 3.8) is 0 Å². The predicted octanol–water partition coefficient (Wildman–Crippen LogP) is 10.6. The van der Waals surface area contributed by atoms with Crippen molar-refractivity contribution in [2.75, 3.05) is 6.61 Å². The van der Waals surface area contributed by atoms with Gasteiger partial charge in [0.15, 0.2) is 0 Å². The molecule has 0 aromatic carbocycles. The number of unbranched alkanes of at least 4 members (excludes halogenated alkanes) is 22. The molecule has 0 spiro atoms. The number of ether oxygens (including phenoxy) is 2. The molecular weight excluding hydrogens is 460 g/mol. The van der Waals surface area contributed by atoms with Crippen molar-refractivity contribution in [1.82, 2.24) is 0 Å². The molecule has 0 aromatic heterocycles. The molecule has 0 unspecified atom stereocenters. The molecule has 0 rings (SSSR count). The third kappa shape index (κ3) is 29.4. The lowest BCUT2D eigenvalue weighted by Gasteiger charge is -2.13. The number of hydrogen-bond acceptors (Lipinski definition) is 4. The zero-order valence-corrected chi connectivity index (χ0v) is 25.3. The second-order valence-electron chi connectivity index (χ2n) is 11.3. The molecule has 0 radical (unpaired) electrons. The first-order valence-corrected chi connectivity index (χ1v) is 16.4. The van der Waals surface area contributed by atoms with E-state index in [9.17, 15) is 9.59 Å². The van der Waals surface area contributed by atoms with Crippen molar-refractivity contribution in [3.8, 4) is 0 Å². The molecule has 37 heavy (non-hydrogen) atoms. The molecule has 0 amide bonds. The Bertz CT molecular complexity index is 491. The van der Waals surface area contributed by atoms with Crippen LogP contribution in [0.25, 0.3) is 0 Å². The highest BCUT2D eigenvalue weighted by Gasteiger charge is 2.12. The second kappa shape index (κ2) is 29.5. The topological polar surface area (TPSA) is 52.6 Å². The number of hydrogen-bond donors (Lipinski definition) is 0. The summed E-state index contributed by atoms with van der Waals surface area (Å²) in [5.41, 5.74) is 0. The van der Waals surface area contributed by atoms with Crippen LogP contribution in [0.3, 0.4) is 0 Å². The van der Waals surface area contributed by atoms with Gasteiger partial charge in [-0.05, 0) is 19.8 Å². The third-order valence-electron chi connectivity index (χ3n) is 7.28. The van der Waals surface area contributed by atoms with Crippen molar-refractivity contribution in [2.45, 2.75) is 194 Å². The van der Waals surface area contributed by atoms with E-state index in [-0.39, 0.29) is 24.6 Å². The minimum absolute atomic E-state index is 0.168. The highest BCUT2D eigenvalue weighted by atomic mass is 16.6. The molecule has 0 bridgehead atoms. The van der Waals surface area contributed by atoms with E-state index in [4.69, 9.17) is 9.47 Å². The summed E-state index contributed by atoms with van der Waals surface area (Å²) >= 11 is 0. The Morgan fingerprint density at radius 3 is 1.11 bits per heavy atom. The smallest absolute Gasteiger partial charge is 0.306 e. The predicted molar refractivity (Wildman–Crippen MR) is 158 cm³/mol. The molecule has 0 aliphatic heterocycles. The van der Waals surface area contributed by atoms with Gasteiger partial charge in [-0.1, -0.05) is 155 Å². The monoisotopic (exact) mass is 524 g/mol. The number of esters is 2. The van der Waals surface area contributed by atoms with Crippen LogP contribution in [0, 0.1) is 0 Å². The molecule has 0 heterocycles. The van der Waals surface area contributed by atoms with Gasteiger partial charge < -0.3 is 9.47 Å². The van der Waals surface area contributed by atoms with Crippen molar-refractivity contribution in [2.24, 2.45) is 0 Å². The van der Waals surface area contributed by atoms with Gasteiger partial charge in [0.2, 0.25) is 0 Å². The Balaban J connectivity index is 3.41. The highest BCUT2D eigenvalue weighted by Crippen LogP contribution is 2.14. The van der Waals surface area contributed by atoms with Crippen LogP contribution in [0.2, 0.25) is 0 Å². The maximum Gasteiger partial charge on any atom is 0.306 e. The summed E-state index contributed by atoms with van der Waals surface area (Å²) in [6.45, 7) is 6.49. The van der Waals surface area contributed by atoms with Gasteiger partial charge in [0, 0.05) is 12.8 Å². The van der Waals surface area contributed by atoms with E-state index >= 15 is 0 Å². The lowest BCUT2D eigenvalue weighted by atomic mass is 10.0. The fraction of sp³-hybridized carbons (Fsp3) is 0.939. The number of carbonyl (C=O) groups is 2. The van der Waals surface area contributed by atoms with Gasteiger partial charge >= 0.3 is 11.9 Å². The van der Waals surface area contributed by atoms with E-state index < -0.39 is 0 Å². The molecule has 0 aliphatic rings. The lowest BCUT2D eigenvalue weighted by Crippen LogP contribution is -2.22. The molecule has 0 N–H and O–H groups in total. The van der Waals surface area contributed by atoms with E-state index in [1.807, 2.05) is 0 Å². The van der Waals surface area contributed by atoms with Gasteiger partial charge in [0.25, 0.3) is 0 Å². The Morgan fingerprint density at radius 2 is 0.757 bits per heavy atom. The highest BCUT2D eigenvalue weighted by molar-refractivity contribution is 5.70. The Hall–Kier alpha value is -1.06. The third-order valence-corrected chi connectivity index (χ3v) is 7.28. The molecule has 4 heteroatoms. The average Bonchev–Trinajstić information content (AvgIpc) is 2.88. The first-order chi connectivity index (χ1) is 18.1. The summed E-state index contributed by atoms with van der Waals surface area (Å²) in [7, 11) is 0. The van der Waals surface area contributed by atoms with E-state index in [2.05, 4.69) is 13.8 Å². The molecule has 220 valence electrons. The summed E-state index contributed by atoms with van der Waals surface area (Å²) in [6.07, 6.45) is 31.3. The number of rotatable bonds is 29. The quantitative estimate of drug-likeness (QED) is 0.0721. The van der Waals surface area contributed by atoms with Crippen LogP contribution < -0.4 is 0 Å². The molecule has 0 aliphatic carbocycles. The molecule has 4 nitrogen and oxygen atoms in total. The average molecular weight is 525 g/mol. The summed E-state index contributed by atoms with van der Waals surface area (Å²) < 4.78 is 10.7. The summed E-state index contributed by atoms with van der Waals surface area (Å²) in [5, 5.41) is 0. The molecular formula is C33H64O4. The lowest BCUT2D eigenvalue weighted by molar-refractivity contribution is -0.158. The largest absolute Gasteiger partial charge is 0.462 e. The second-order valence-corrected chi connectivity index (χ2v) is 11.3. The van der Waals surface area contributed by atoms with E-state index in [0.717, 1.165) is 25.7 Å². The van der Waals surface area contributed by atoms with Gasteiger partial charge in [0.05, 0.1) is 0 Å². The van der Waals surface area contributed by atoms with Crippen LogP contribution in [-0.2, 0) is 19.1 Å². The maximum atomic E-state index is 12.0. The van der Waals surface area contributed by atoms with E-state index in [0.29, 0.717) is 12.8 Å². The van der Waals surface area contributed by atoms with Crippen LogP contribution in [0.1, 0.15) is 188 Å². The van der Waals surface area contributed by atoms with E-state index in [1.54, 1.807) is 6.92 Å². The summed E-state index contributed by atoms with van der Waals surface area (Å²) in [4.78, 5) is 24.0. The van der Waals surface area contributed by atoms with Crippen molar-refractivity contribution in [1.29, 1.82) is 0 Å². The molecule has 0 fully saturated rings. The first kappa shape index (κ1) is 35.9. The normalized spacial score (nSPS) is 12.0. The van der Waals surface area contributed by atoms with Crippen LogP contribution in [0.5, 0.6) is 0 Å². The SMILES string of the molecule is CCCCCCCCCCCCCCCC(=O)OC[C@H](C)OC(=O)CCCCCCCCCCCCC. The van der Waals surface area contributed by atoms with Crippen LogP contribution in [-0.4, -0.2) is 24.6 Å². The Labute approximate surface area is 231 Å². The Morgan fingerprint density at radius 1 is 0.459 bits per heavy atom. The minimum Gasteiger partial charge on any atom is -0.462 e. The number of carbonyl (C=O) groups excluding carboxylic acids is 2. The van der Waals surface area contributed by atoms with E-state index in [1.165, 1.54) is 128 Å². The van der Waals surface area contributed by atoms with Crippen molar-refractivity contribution in [3.05, 3.63) is 0 Å². The fourth-order valence-corrected chi connectivity index (χ4v) is 4.82. The first-order valence-electron chi connectivity index (χ1n) is 16.4. The van der Waals surface area contributed by atoms with Crippen molar-refractivity contribution >= 4 is 11.9 Å². The maximum absolute atomic E-state index is 12.0. The van der Waals surface area contributed by atoms with Crippen LogP contribution in [0.15, 0.2) is 0 Å². The molecule has 0 saturated carbocycles. The fourth-order valence-electron chi connectivity index (χ4n) is 4.82. The molecule has 0 aromatic rings. The Kier molecular flexibility index (Phi) is 28.7. The van der Waals surface area contributed by atoms with Crippen molar-refractivity contribution < 1.29 is 19.1 Å². The zero-order valence-electron chi connectivity index (χ0n) is 25.3. The van der Waals surface area contributed by atoms with Gasteiger partial charge in [-0.3, -0.25) is 9.59 Å². The van der Waals surface area contributed by atoms with Crippen LogP contribution >= 0.6 is 0 Å². The minimum atomic E-state index is -0.365. The molecule has 0 saturated heterocycles.